The highest BCUT2D eigenvalue weighted by molar-refractivity contribution is 6.67. The quantitative estimate of drug-likeness (QED) is 0.160. The molecule has 0 saturated carbocycles. The zero-order valence-electron chi connectivity index (χ0n) is 25.7. The van der Waals surface area contributed by atoms with Gasteiger partial charge in [0.05, 0.1) is 11.9 Å². The monoisotopic (exact) mass is 632 g/mol. The van der Waals surface area contributed by atoms with Gasteiger partial charge in [-0.2, -0.15) is 19.2 Å². The summed E-state index contributed by atoms with van der Waals surface area (Å²) in [5.74, 6) is 2.65. The molecule has 8 heterocycles. The van der Waals surface area contributed by atoms with Crippen molar-refractivity contribution in [1.29, 1.82) is 0 Å². The molecule has 231 valence electrons. The standard InChI is InChI=1S/C33H26B2N10O3/c1-46-43-11-3-6-22(20-43)17-38-30-14-26(41-32-23(34)18-39-44(30)32)28-8-9-29(48-28)35-24-19-40-45-31(37-16-21-5-2-10-36-15-21)13-25(42-33(24)45)27-7-4-12-47-27/h2-15,18-20,37-38H,16-17H2,1H3/q+1. The minimum absolute atomic E-state index is 0.452. The predicted molar refractivity (Wildman–Crippen MR) is 180 cm³/mol. The minimum Gasteiger partial charge on any atom is -0.470 e. The van der Waals surface area contributed by atoms with Crippen molar-refractivity contribution >= 4 is 54.6 Å². The summed E-state index contributed by atoms with van der Waals surface area (Å²) in [4.78, 5) is 19.1. The van der Waals surface area contributed by atoms with Crippen LogP contribution in [0.1, 0.15) is 11.1 Å². The molecule has 0 bridgehead atoms. The first-order chi connectivity index (χ1) is 23.6. The maximum atomic E-state index is 6.30. The normalized spacial score (nSPS) is 11.3. The van der Waals surface area contributed by atoms with E-state index in [-0.39, 0.29) is 0 Å². The highest BCUT2D eigenvalue weighted by atomic mass is 16.6. The smallest absolute Gasteiger partial charge is 0.247 e. The van der Waals surface area contributed by atoms with Crippen LogP contribution in [0.4, 0.5) is 11.6 Å². The van der Waals surface area contributed by atoms with Gasteiger partial charge in [0.25, 0.3) is 0 Å². The molecule has 0 saturated heterocycles. The Morgan fingerprint density at radius 2 is 1.62 bits per heavy atom. The molecule has 0 atom stereocenters. The maximum Gasteiger partial charge on any atom is 0.247 e. The third-order valence-electron chi connectivity index (χ3n) is 7.67. The lowest BCUT2D eigenvalue weighted by Gasteiger charge is -2.10. The molecule has 8 rings (SSSR count). The molecule has 2 N–H and O–H groups in total. The minimum atomic E-state index is 0.452. The summed E-state index contributed by atoms with van der Waals surface area (Å²) in [7, 11) is 9.74. The first kappa shape index (κ1) is 29.1. The molecule has 3 radical (unpaired) electrons. The lowest BCUT2D eigenvalue weighted by atomic mass is 9.69. The number of hydrogen-bond acceptors (Lipinski definition) is 10. The van der Waals surface area contributed by atoms with Crippen LogP contribution in [0.15, 0.2) is 113 Å². The molecule has 0 aromatic carbocycles. The topological polar surface area (TPSA) is 137 Å². The van der Waals surface area contributed by atoms with Crippen molar-refractivity contribution in [3.63, 3.8) is 0 Å². The molecular formula is C33H26B2N10O3+. The fraction of sp³-hybridized carbons (Fsp3) is 0.0909. The van der Waals surface area contributed by atoms with Crippen molar-refractivity contribution in [3.05, 3.63) is 115 Å². The van der Waals surface area contributed by atoms with Crippen LogP contribution in [0, 0.1) is 0 Å². The second-order valence-corrected chi connectivity index (χ2v) is 10.9. The fourth-order valence-electron chi connectivity index (χ4n) is 5.32. The highest BCUT2D eigenvalue weighted by Gasteiger charge is 2.19. The Bertz CT molecular complexity index is 2350. The maximum absolute atomic E-state index is 6.30. The molecule has 0 aliphatic heterocycles. The van der Waals surface area contributed by atoms with Gasteiger partial charge in [-0.15, -0.1) is 0 Å². The summed E-state index contributed by atoms with van der Waals surface area (Å²) in [6.45, 7) is 1.07. The van der Waals surface area contributed by atoms with Crippen molar-refractivity contribution in [3.8, 4) is 22.9 Å². The first-order valence-corrected chi connectivity index (χ1v) is 15.0. The van der Waals surface area contributed by atoms with E-state index in [4.69, 9.17) is 31.5 Å². The first-order valence-electron chi connectivity index (χ1n) is 15.0. The van der Waals surface area contributed by atoms with Crippen molar-refractivity contribution in [2.75, 3.05) is 17.7 Å². The van der Waals surface area contributed by atoms with Crippen LogP contribution in [0.25, 0.3) is 34.2 Å². The van der Waals surface area contributed by atoms with Crippen LogP contribution in [-0.4, -0.2) is 56.4 Å². The van der Waals surface area contributed by atoms with Crippen molar-refractivity contribution < 1.29 is 18.4 Å². The largest absolute Gasteiger partial charge is 0.470 e. The van der Waals surface area contributed by atoms with Crippen molar-refractivity contribution in [1.82, 2.24) is 34.2 Å². The summed E-state index contributed by atoms with van der Waals surface area (Å²) in [5.41, 5.74) is 6.26. The molecular weight excluding hydrogens is 606 g/mol. The number of aromatic nitrogens is 8. The van der Waals surface area contributed by atoms with Crippen molar-refractivity contribution in [2.24, 2.45) is 0 Å². The third kappa shape index (κ3) is 5.73. The summed E-state index contributed by atoms with van der Waals surface area (Å²) in [6.07, 6.45) is 12.2. The van der Waals surface area contributed by atoms with E-state index >= 15 is 0 Å². The van der Waals surface area contributed by atoms with E-state index < -0.39 is 0 Å². The zero-order chi connectivity index (χ0) is 32.5. The van der Waals surface area contributed by atoms with Gasteiger partial charge in [-0.3, -0.25) is 9.82 Å². The summed E-state index contributed by atoms with van der Waals surface area (Å²) in [6, 6.07) is 19.1. The predicted octanol–water partition coefficient (Wildman–Crippen LogP) is 1.71. The summed E-state index contributed by atoms with van der Waals surface area (Å²) < 4.78 is 17.0. The molecule has 8 aromatic heterocycles. The van der Waals surface area contributed by atoms with E-state index in [1.54, 1.807) is 45.7 Å². The van der Waals surface area contributed by atoms with Crippen LogP contribution in [0.5, 0.6) is 0 Å². The molecule has 15 heteroatoms. The highest BCUT2D eigenvalue weighted by Crippen LogP contribution is 2.24. The van der Waals surface area contributed by atoms with E-state index in [0.717, 1.165) is 22.4 Å². The third-order valence-corrected chi connectivity index (χ3v) is 7.67. The average Bonchev–Trinajstić information content (AvgIpc) is 3.96. The van der Waals surface area contributed by atoms with E-state index in [9.17, 15) is 0 Å². The number of fused-ring (bicyclic) bond motifs is 2. The van der Waals surface area contributed by atoms with Gasteiger partial charge >= 0.3 is 0 Å². The number of furan rings is 2. The van der Waals surface area contributed by atoms with Gasteiger partial charge in [-0.25, -0.2) is 9.97 Å². The molecule has 0 amide bonds. The van der Waals surface area contributed by atoms with Crippen LogP contribution in [0.3, 0.4) is 0 Å². The molecule has 0 unspecified atom stereocenters. The van der Waals surface area contributed by atoms with Gasteiger partial charge in [0.2, 0.25) is 19.7 Å². The number of nitrogens with zero attached hydrogens (tertiary/aromatic N) is 8. The molecule has 8 aromatic rings. The van der Waals surface area contributed by atoms with Crippen LogP contribution < -0.4 is 36.8 Å². The Kier molecular flexibility index (Phi) is 7.53. The number of pyridine rings is 2. The Balaban J connectivity index is 1.09. The fourth-order valence-corrected chi connectivity index (χ4v) is 5.32. The lowest BCUT2D eigenvalue weighted by molar-refractivity contribution is -0.885. The Labute approximate surface area is 275 Å². The number of rotatable bonds is 11. The summed E-state index contributed by atoms with van der Waals surface area (Å²) >= 11 is 0. The number of nitrogens with one attached hydrogen (secondary N) is 2. The zero-order valence-corrected chi connectivity index (χ0v) is 25.7. The van der Waals surface area contributed by atoms with Crippen LogP contribution in [0.2, 0.25) is 0 Å². The van der Waals surface area contributed by atoms with Gasteiger partial charge in [-0.05, 0) is 52.9 Å². The Hall–Kier alpha value is -6.37. The SMILES string of the molecule is [B]c1cnn2c(NCc3ccc[n+](OC)c3)cc(-c3ccc([B]c4cnn5c(NCc6cccnc6)cc(-c6ccco6)nc45)o3)nc12. The summed E-state index contributed by atoms with van der Waals surface area (Å²) in [5, 5.41) is 15.9. The van der Waals surface area contributed by atoms with E-state index in [2.05, 4.69) is 25.8 Å². The van der Waals surface area contributed by atoms with E-state index in [1.165, 1.54) is 0 Å². The molecule has 48 heavy (non-hydrogen) atoms. The second kappa shape index (κ2) is 12.4. The molecule has 0 spiro atoms. The van der Waals surface area contributed by atoms with Gasteiger partial charge in [0, 0.05) is 66.4 Å². The van der Waals surface area contributed by atoms with E-state index in [0.29, 0.717) is 64.2 Å². The van der Waals surface area contributed by atoms with Gasteiger partial charge in [0.15, 0.2) is 22.8 Å². The second-order valence-electron chi connectivity index (χ2n) is 10.9. The lowest BCUT2D eigenvalue weighted by Crippen LogP contribution is -2.40. The van der Waals surface area contributed by atoms with Gasteiger partial charge < -0.3 is 19.5 Å². The molecule has 0 aliphatic carbocycles. The molecule has 13 nitrogen and oxygen atoms in total. The molecule has 0 fully saturated rings. The van der Waals surface area contributed by atoms with E-state index in [1.807, 2.05) is 86.5 Å². The Morgan fingerprint density at radius 1 is 0.854 bits per heavy atom. The number of anilines is 2. The number of hydrogen-bond donors (Lipinski definition) is 2. The van der Waals surface area contributed by atoms with Gasteiger partial charge in [0.1, 0.15) is 38.0 Å². The van der Waals surface area contributed by atoms with Gasteiger partial charge in [-0.1, -0.05) is 6.07 Å². The molecule has 0 aliphatic rings. The average molecular weight is 632 g/mol. The van der Waals surface area contributed by atoms with Crippen LogP contribution in [-0.2, 0) is 13.1 Å². The van der Waals surface area contributed by atoms with Crippen molar-refractivity contribution in [2.45, 2.75) is 13.1 Å². The van der Waals surface area contributed by atoms with Crippen LogP contribution >= 0.6 is 0 Å². The Morgan fingerprint density at radius 3 is 2.42 bits per heavy atom.